The van der Waals surface area contributed by atoms with Gasteiger partial charge in [0.1, 0.15) is 5.75 Å². The molecule has 0 aromatic heterocycles. The molecule has 0 spiro atoms. The monoisotopic (exact) mass is 261 g/mol. The molecule has 2 rings (SSSR count). The first-order chi connectivity index (χ1) is 9.20. The van der Waals surface area contributed by atoms with Gasteiger partial charge >= 0.3 is 0 Å². The van der Waals surface area contributed by atoms with Gasteiger partial charge in [-0.05, 0) is 62.8 Å². The third-order valence-electron chi connectivity index (χ3n) is 4.14. The number of ether oxygens (including phenoxy) is 1. The smallest absolute Gasteiger partial charge is 0.119 e. The van der Waals surface area contributed by atoms with Crippen LogP contribution in [0.3, 0.4) is 0 Å². The predicted molar refractivity (Wildman–Crippen MR) is 80.6 cm³/mol. The lowest BCUT2D eigenvalue weighted by molar-refractivity contribution is 0.242. The number of hydrogen-bond acceptors (Lipinski definition) is 2. The lowest BCUT2D eigenvalue weighted by Gasteiger charge is -2.24. The highest BCUT2D eigenvalue weighted by molar-refractivity contribution is 5.30. The van der Waals surface area contributed by atoms with Crippen LogP contribution in [0.2, 0.25) is 0 Å². The fraction of sp³-hybridized carbons (Fsp3) is 0.647. The maximum absolute atomic E-state index is 5.97. The molecule has 0 amide bonds. The summed E-state index contributed by atoms with van der Waals surface area (Å²) in [5.74, 6) is 2.26. The van der Waals surface area contributed by atoms with Gasteiger partial charge in [0, 0.05) is 0 Å². The van der Waals surface area contributed by atoms with Gasteiger partial charge in [-0.15, -0.1) is 0 Å². The van der Waals surface area contributed by atoms with Gasteiger partial charge in [0.05, 0.1) is 6.10 Å². The maximum Gasteiger partial charge on any atom is 0.119 e. The molecule has 2 heteroatoms. The Morgan fingerprint density at radius 3 is 2.42 bits per heavy atom. The second kappa shape index (κ2) is 6.95. The van der Waals surface area contributed by atoms with E-state index in [0.717, 1.165) is 12.3 Å². The molecule has 106 valence electrons. The van der Waals surface area contributed by atoms with Gasteiger partial charge in [0.25, 0.3) is 0 Å². The fourth-order valence-electron chi connectivity index (χ4n) is 3.17. The van der Waals surface area contributed by atoms with Gasteiger partial charge in [0.2, 0.25) is 0 Å². The summed E-state index contributed by atoms with van der Waals surface area (Å²) in [6.07, 6.45) is 6.85. The van der Waals surface area contributed by atoms with E-state index < -0.39 is 0 Å². The molecule has 0 aliphatic heterocycles. The summed E-state index contributed by atoms with van der Waals surface area (Å²) >= 11 is 0. The van der Waals surface area contributed by atoms with Crippen molar-refractivity contribution in [2.75, 3.05) is 6.54 Å². The lowest BCUT2D eigenvalue weighted by atomic mass is 9.82. The molecule has 2 unspecified atom stereocenters. The van der Waals surface area contributed by atoms with Crippen LogP contribution in [0.15, 0.2) is 24.3 Å². The Bertz CT molecular complexity index is 371. The van der Waals surface area contributed by atoms with Crippen molar-refractivity contribution in [2.24, 2.45) is 11.7 Å². The van der Waals surface area contributed by atoms with Crippen LogP contribution in [-0.2, 0) is 0 Å². The molecule has 0 heterocycles. The summed E-state index contributed by atoms with van der Waals surface area (Å²) in [7, 11) is 0. The SMILES string of the molecule is CC(C)Oc1ccc(C2CCCCCC2CN)cc1. The minimum Gasteiger partial charge on any atom is -0.491 e. The summed E-state index contributed by atoms with van der Waals surface area (Å²) in [5.41, 5.74) is 7.41. The Morgan fingerprint density at radius 2 is 1.79 bits per heavy atom. The highest BCUT2D eigenvalue weighted by atomic mass is 16.5. The first-order valence-corrected chi connectivity index (χ1v) is 7.67. The van der Waals surface area contributed by atoms with E-state index >= 15 is 0 Å². The Labute approximate surface area is 117 Å². The van der Waals surface area contributed by atoms with Crippen LogP contribution in [0.4, 0.5) is 0 Å². The van der Waals surface area contributed by atoms with Crippen molar-refractivity contribution in [3.05, 3.63) is 29.8 Å². The van der Waals surface area contributed by atoms with Gasteiger partial charge in [0.15, 0.2) is 0 Å². The zero-order chi connectivity index (χ0) is 13.7. The highest BCUT2D eigenvalue weighted by Gasteiger charge is 2.23. The Kier molecular flexibility index (Phi) is 5.26. The third-order valence-corrected chi connectivity index (χ3v) is 4.14. The van der Waals surface area contributed by atoms with Crippen LogP contribution < -0.4 is 10.5 Å². The predicted octanol–water partition coefficient (Wildman–Crippen LogP) is 4.10. The van der Waals surface area contributed by atoms with E-state index in [0.29, 0.717) is 11.8 Å². The van der Waals surface area contributed by atoms with E-state index in [1.807, 2.05) is 0 Å². The molecule has 1 saturated carbocycles. The van der Waals surface area contributed by atoms with Gasteiger partial charge in [-0.1, -0.05) is 31.4 Å². The molecule has 2 atom stereocenters. The largest absolute Gasteiger partial charge is 0.491 e. The van der Waals surface area contributed by atoms with Crippen molar-refractivity contribution < 1.29 is 4.74 Å². The van der Waals surface area contributed by atoms with Crippen LogP contribution >= 0.6 is 0 Å². The van der Waals surface area contributed by atoms with E-state index in [-0.39, 0.29) is 6.10 Å². The summed E-state index contributed by atoms with van der Waals surface area (Å²) in [6, 6.07) is 8.67. The molecule has 1 aromatic rings. The normalized spacial score (nSPS) is 24.2. The van der Waals surface area contributed by atoms with Crippen molar-refractivity contribution >= 4 is 0 Å². The number of hydrogen-bond donors (Lipinski definition) is 1. The van der Waals surface area contributed by atoms with Crippen LogP contribution in [0, 0.1) is 5.92 Å². The second-order valence-electron chi connectivity index (χ2n) is 5.98. The zero-order valence-electron chi connectivity index (χ0n) is 12.3. The van der Waals surface area contributed by atoms with Crippen molar-refractivity contribution in [3.63, 3.8) is 0 Å². The average Bonchev–Trinajstić information content (AvgIpc) is 2.64. The summed E-state index contributed by atoms with van der Waals surface area (Å²) in [5, 5.41) is 0. The molecule has 2 N–H and O–H groups in total. The lowest BCUT2D eigenvalue weighted by Crippen LogP contribution is -2.21. The standard InChI is InChI=1S/C17H27NO/c1-13(2)19-16-10-8-14(9-11-16)17-7-5-3-4-6-15(17)12-18/h8-11,13,15,17H,3-7,12,18H2,1-2H3. The summed E-state index contributed by atoms with van der Waals surface area (Å²) in [4.78, 5) is 0. The second-order valence-corrected chi connectivity index (χ2v) is 5.98. The molecule has 2 nitrogen and oxygen atoms in total. The van der Waals surface area contributed by atoms with Crippen molar-refractivity contribution in [2.45, 2.75) is 58.0 Å². The maximum atomic E-state index is 5.97. The van der Waals surface area contributed by atoms with Crippen molar-refractivity contribution in [1.82, 2.24) is 0 Å². The van der Waals surface area contributed by atoms with Crippen LogP contribution in [0.5, 0.6) is 5.75 Å². The molecule has 1 aliphatic rings. The van der Waals surface area contributed by atoms with E-state index in [1.165, 1.54) is 37.7 Å². The number of nitrogens with two attached hydrogens (primary N) is 1. The first kappa shape index (κ1) is 14.4. The zero-order valence-corrected chi connectivity index (χ0v) is 12.3. The summed E-state index contributed by atoms with van der Waals surface area (Å²) in [6.45, 7) is 4.93. The van der Waals surface area contributed by atoms with Crippen molar-refractivity contribution in [3.8, 4) is 5.75 Å². The van der Waals surface area contributed by atoms with E-state index in [1.54, 1.807) is 0 Å². The van der Waals surface area contributed by atoms with E-state index in [9.17, 15) is 0 Å². The van der Waals surface area contributed by atoms with Crippen LogP contribution in [0.1, 0.15) is 57.4 Å². The van der Waals surface area contributed by atoms with Crippen LogP contribution in [-0.4, -0.2) is 12.6 Å². The Hall–Kier alpha value is -1.02. The van der Waals surface area contributed by atoms with E-state index in [2.05, 4.69) is 38.1 Å². The van der Waals surface area contributed by atoms with Crippen molar-refractivity contribution in [1.29, 1.82) is 0 Å². The molecule has 0 bridgehead atoms. The molecule has 0 radical (unpaired) electrons. The first-order valence-electron chi connectivity index (χ1n) is 7.67. The average molecular weight is 261 g/mol. The molecule has 1 aliphatic carbocycles. The molecular formula is C17H27NO. The highest BCUT2D eigenvalue weighted by Crippen LogP contribution is 2.36. The number of benzene rings is 1. The van der Waals surface area contributed by atoms with Gasteiger partial charge in [-0.2, -0.15) is 0 Å². The molecule has 1 fully saturated rings. The van der Waals surface area contributed by atoms with Gasteiger partial charge < -0.3 is 10.5 Å². The third kappa shape index (κ3) is 3.97. The fourth-order valence-corrected chi connectivity index (χ4v) is 3.17. The Morgan fingerprint density at radius 1 is 1.11 bits per heavy atom. The molecule has 19 heavy (non-hydrogen) atoms. The minimum absolute atomic E-state index is 0.237. The summed E-state index contributed by atoms with van der Waals surface area (Å²) < 4.78 is 5.71. The minimum atomic E-state index is 0.237. The quantitative estimate of drug-likeness (QED) is 0.828. The van der Waals surface area contributed by atoms with Crippen LogP contribution in [0.25, 0.3) is 0 Å². The molecule has 1 aromatic carbocycles. The topological polar surface area (TPSA) is 35.2 Å². The molecular weight excluding hydrogens is 234 g/mol. The van der Waals surface area contributed by atoms with Gasteiger partial charge in [-0.25, -0.2) is 0 Å². The van der Waals surface area contributed by atoms with E-state index in [4.69, 9.17) is 10.5 Å². The number of rotatable bonds is 4. The van der Waals surface area contributed by atoms with Gasteiger partial charge in [-0.3, -0.25) is 0 Å². The molecule has 0 saturated heterocycles. The Balaban J connectivity index is 2.10.